The van der Waals surface area contributed by atoms with Crippen LogP contribution in [0.25, 0.3) is 0 Å². The van der Waals surface area contributed by atoms with Crippen LogP contribution in [0.15, 0.2) is 0 Å². The van der Waals surface area contributed by atoms with E-state index < -0.39 is 5.60 Å². The lowest BCUT2D eigenvalue weighted by molar-refractivity contribution is -0.180. The summed E-state index contributed by atoms with van der Waals surface area (Å²) in [5, 5.41) is 20.5. The fourth-order valence-electron chi connectivity index (χ4n) is 5.64. The van der Waals surface area contributed by atoms with Crippen LogP contribution in [-0.4, -0.2) is 22.4 Å². The van der Waals surface area contributed by atoms with Crippen molar-refractivity contribution in [3.8, 4) is 0 Å². The number of hydrogen-bond donors (Lipinski definition) is 2. The molecular weight excluding hydrogens is 236 g/mol. The zero-order valence-corrected chi connectivity index (χ0v) is 13.2. The van der Waals surface area contributed by atoms with Gasteiger partial charge >= 0.3 is 0 Å². The van der Waals surface area contributed by atoms with Gasteiger partial charge in [-0.2, -0.15) is 0 Å². The van der Waals surface area contributed by atoms with Crippen molar-refractivity contribution in [1.29, 1.82) is 0 Å². The van der Waals surface area contributed by atoms with Crippen molar-refractivity contribution in [2.75, 3.05) is 6.61 Å². The van der Waals surface area contributed by atoms with E-state index in [4.69, 9.17) is 0 Å². The van der Waals surface area contributed by atoms with Gasteiger partial charge in [-0.25, -0.2) is 0 Å². The highest BCUT2D eigenvalue weighted by atomic mass is 16.3. The van der Waals surface area contributed by atoms with Crippen LogP contribution < -0.4 is 0 Å². The summed E-state index contributed by atoms with van der Waals surface area (Å²) in [5.41, 5.74) is 0.0324. The largest absolute Gasteiger partial charge is 0.396 e. The molecule has 2 N–H and O–H groups in total. The first-order valence-corrected chi connectivity index (χ1v) is 8.13. The molecular formula is C17H32O2. The summed E-state index contributed by atoms with van der Waals surface area (Å²) in [6, 6.07) is 0. The number of fused-ring (bicyclic) bond motifs is 1. The van der Waals surface area contributed by atoms with Crippen LogP contribution in [0.4, 0.5) is 0 Å². The van der Waals surface area contributed by atoms with E-state index in [2.05, 4.69) is 27.7 Å². The van der Waals surface area contributed by atoms with E-state index in [9.17, 15) is 10.2 Å². The zero-order chi connectivity index (χ0) is 14.3. The lowest BCUT2D eigenvalue weighted by atomic mass is 9.45. The molecule has 0 heterocycles. The number of hydrogen-bond acceptors (Lipinski definition) is 2. The summed E-state index contributed by atoms with van der Waals surface area (Å²) >= 11 is 0. The second-order valence-electron chi connectivity index (χ2n) is 7.96. The quantitative estimate of drug-likeness (QED) is 0.818. The van der Waals surface area contributed by atoms with Gasteiger partial charge in [-0.05, 0) is 61.2 Å². The molecule has 19 heavy (non-hydrogen) atoms. The van der Waals surface area contributed by atoms with Gasteiger partial charge in [0, 0.05) is 6.61 Å². The Kier molecular flexibility index (Phi) is 4.06. The summed E-state index contributed by atoms with van der Waals surface area (Å²) in [5.74, 6) is 0.949. The van der Waals surface area contributed by atoms with Gasteiger partial charge in [0.05, 0.1) is 5.60 Å². The highest BCUT2D eigenvalue weighted by Crippen LogP contribution is 2.63. The molecule has 0 aromatic rings. The van der Waals surface area contributed by atoms with Crippen molar-refractivity contribution in [2.45, 2.75) is 78.2 Å². The molecule has 2 aliphatic rings. The van der Waals surface area contributed by atoms with Gasteiger partial charge in [-0.15, -0.1) is 0 Å². The topological polar surface area (TPSA) is 40.5 Å². The summed E-state index contributed by atoms with van der Waals surface area (Å²) < 4.78 is 0. The minimum Gasteiger partial charge on any atom is -0.396 e. The molecule has 0 amide bonds. The number of rotatable bonds is 3. The highest BCUT2D eigenvalue weighted by molar-refractivity contribution is 5.08. The van der Waals surface area contributed by atoms with Crippen molar-refractivity contribution < 1.29 is 10.2 Å². The standard InChI is InChI=1S/C17H32O2/c1-5-17(19)11-7-13-15(2,3)9-6-10-16(13,4)14(17)8-12-18/h13-14,18-19H,5-12H2,1-4H3. The molecule has 2 aliphatic carbocycles. The van der Waals surface area contributed by atoms with E-state index in [0.717, 1.165) is 25.7 Å². The van der Waals surface area contributed by atoms with E-state index in [-0.39, 0.29) is 17.9 Å². The molecule has 112 valence electrons. The molecule has 0 spiro atoms. The first-order valence-electron chi connectivity index (χ1n) is 8.13. The maximum absolute atomic E-state index is 11.0. The molecule has 0 bridgehead atoms. The van der Waals surface area contributed by atoms with Crippen molar-refractivity contribution >= 4 is 0 Å². The van der Waals surface area contributed by atoms with Crippen LogP contribution in [0, 0.1) is 22.7 Å². The summed E-state index contributed by atoms with van der Waals surface area (Å²) in [6.45, 7) is 9.50. The van der Waals surface area contributed by atoms with E-state index in [0.29, 0.717) is 11.3 Å². The smallest absolute Gasteiger partial charge is 0.0679 e. The Bertz CT molecular complexity index is 325. The Morgan fingerprint density at radius 2 is 1.79 bits per heavy atom. The molecule has 0 radical (unpaired) electrons. The zero-order valence-electron chi connectivity index (χ0n) is 13.2. The van der Waals surface area contributed by atoms with E-state index in [1.54, 1.807) is 0 Å². The first kappa shape index (κ1) is 15.3. The van der Waals surface area contributed by atoms with Crippen molar-refractivity contribution in [2.24, 2.45) is 22.7 Å². The molecule has 2 rings (SSSR count). The van der Waals surface area contributed by atoms with Crippen LogP contribution in [0.5, 0.6) is 0 Å². The van der Waals surface area contributed by atoms with Gasteiger partial charge in [-0.1, -0.05) is 34.1 Å². The van der Waals surface area contributed by atoms with Crippen LogP contribution in [0.2, 0.25) is 0 Å². The van der Waals surface area contributed by atoms with E-state index in [1.807, 2.05) is 0 Å². The molecule has 4 atom stereocenters. The monoisotopic (exact) mass is 268 g/mol. The van der Waals surface area contributed by atoms with Gasteiger partial charge in [-0.3, -0.25) is 0 Å². The lowest BCUT2D eigenvalue weighted by Gasteiger charge is -2.61. The van der Waals surface area contributed by atoms with Crippen molar-refractivity contribution in [1.82, 2.24) is 0 Å². The third-order valence-corrected chi connectivity index (χ3v) is 6.62. The average molecular weight is 268 g/mol. The highest BCUT2D eigenvalue weighted by Gasteiger charge is 2.58. The fourth-order valence-corrected chi connectivity index (χ4v) is 5.64. The SMILES string of the molecule is CCC1(O)CCC2C(C)(C)CCCC2(C)C1CCO. The third-order valence-electron chi connectivity index (χ3n) is 6.62. The normalized spacial score (nSPS) is 45.8. The van der Waals surface area contributed by atoms with Gasteiger partial charge in [0.2, 0.25) is 0 Å². The van der Waals surface area contributed by atoms with Crippen LogP contribution >= 0.6 is 0 Å². The number of aliphatic hydroxyl groups excluding tert-OH is 1. The maximum Gasteiger partial charge on any atom is 0.0679 e. The Balaban J connectivity index is 2.37. The number of aliphatic hydroxyl groups is 2. The van der Waals surface area contributed by atoms with E-state index >= 15 is 0 Å². The molecule has 0 saturated heterocycles. The molecule has 2 saturated carbocycles. The summed E-state index contributed by atoms with van der Waals surface area (Å²) in [4.78, 5) is 0. The van der Waals surface area contributed by atoms with Gasteiger partial charge in [0.1, 0.15) is 0 Å². The van der Waals surface area contributed by atoms with Gasteiger partial charge in [0.15, 0.2) is 0 Å². The van der Waals surface area contributed by atoms with E-state index in [1.165, 1.54) is 19.3 Å². The molecule has 4 unspecified atom stereocenters. The summed E-state index contributed by atoms with van der Waals surface area (Å²) in [6.07, 6.45) is 7.43. The first-order chi connectivity index (χ1) is 8.80. The predicted octanol–water partition coefficient (Wildman–Crippen LogP) is 3.75. The third kappa shape index (κ3) is 2.35. The second kappa shape index (κ2) is 5.04. The molecule has 2 heteroatoms. The van der Waals surface area contributed by atoms with Gasteiger partial charge < -0.3 is 10.2 Å². The lowest BCUT2D eigenvalue weighted by Crippen LogP contribution is -2.58. The minimum absolute atomic E-state index is 0.202. The van der Waals surface area contributed by atoms with Crippen LogP contribution in [0.1, 0.15) is 72.6 Å². The van der Waals surface area contributed by atoms with Crippen molar-refractivity contribution in [3.05, 3.63) is 0 Å². The second-order valence-corrected chi connectivity index (χ2v) is 7.96. The average Bonchev–Trinajstić information content (AvgIpc) is 2.33. The molecule has 0 aromatic carbocycles. The molecule has 0 aromatic heterocycles. The van der Waals surface area contributed by atoms with Crippen molar-refractivity contribution in [3.63, 3.8) is 0 Å². The van der Waals surface area contributed by atoms with Crippen LogP contribution in [-0.2, 0) is 0 Å². The summed E-state index contributed by atoms with van der Waals surface area (Å²) in [7, 11) is 0. The Morgan fingerprint density at radius 3 is 2.37 bits per heavy atom. The maximum atomic E-state index is 11.0. The predicted molar refractivity (Wildman–Crippen MR) is 78.9 cm³/mol. The molecule has 0 aliphatic heterocycles. The Labute approximate surface area is 118 Å². The minimum atomic E-state index is -0.554. The fraction of sp³-hybridized carbons (Fsp3) is 1.00. The molecule has 2 fully saturated rings. The molecule has 2 nitrogen and oxygen atoms in total. The Morgan fingerprint density at radius 1 is 1.11 bits per heavy atom. The van der Waals surface area contributed by atoms with Gasteiger partial charge in [0.25, 0.3) is 0 Å². The Hall–Kier alpha value is -0.0800. The van der Waals surface area contributed by atoms with Crippen LogP contribution in [0.3, 0.4) is 0 Å².